The molecule has 1 atom stereocenters. The van der Waals surface area contributed by atoms with Gasteiger partial charge in [0.15, 0.2) is 5.69 Å². The largest absolute Gasteiger partial charge is 0.292 e. The zero-order valence-corrected chi connectivity index (χ0v) is 15.5. The van der Waals surface area contributed by atoms with E-state index >= 15 is 0 Å². The SMILES string of the molecule is CCC(C)(C)C1CCc2[nH]nc(C(=O)NN=Cc3ccc(F)cc3)c2C1. The van der Waals surface area contributed by atoms with Crippen LogP contribution in [0.3, 0.4) is 0 Å². The van der Waals surface area contributed by atoms with Crippen LogP contribution in [0.4, 0.5) is 4.39 Å². The first kappa shape index (κ1) is 18.3. The fourth-order valence-electron chi connectivity index (χ4n) is 3.41. The van der Waals surface area contributed by atoms with E-state index in [1.165, 1.54) is 18.3 Å². The molecule has 2 aromatic rings. The molecule has 1 unspecified atom stereocenters. The molecule has 1 amide bonds. The third-order valence-electron chi connectivity index (χ3n) is 5.63. The zero-order valence-electron chi connectivity index (χ0n) is 15.5. The number of hydrazone groups is 1. The summed E-state index contributed by atoms with van der Waals surface area (Å²) in [5.41, 5.74) is 5.96. The van der Waals surface area contributed by atoms with Crippen LogP contribution in [0.25, 0.3) is 0 Å². The molecule has 138 valence electrons. The van der Waals surface area contributed by atoms with Crippen molar-refractivity contribution in [3.63, 3.8) is 0 Å². The van der Waals surface area contributed by atoms with Crippen LogP contribution in [-0.2, 0) is 12.8 Å². The van der Waals surface area contributed by atoms with Crippen LogP contribution in [0.2, 0.25) is 0 Å². The number of carbonyl (C=O) groups excluding carboxylic acids is 1. The summed E-state index contributed by atoms with van der Waals surface area (Å²) in [5.74, 6) is -0.0958. The molecule has 3 rings (SSSR count). The topological polar surface area (TPSA) is 70.1 Å². The van der Waals surface area contributed by atoms with E-state index in [0.29, 0.717) is 17.2 Å². The predicted octanol–water partition coefficient (Wildman–Crippen LogP) is 3.85. The van der Waals surface area contributed by atoms with E-state index < -0.39 is 0 Å². The molecule has 0 fully saturated rings. The van der Waals surface area contributed by atoms with E-state index in [0.717, 1.165) is 36.9 Å². The van der Waals surface area contributed by atoms with Crippen LogP contribution < -0.4 is 5.43 Å². The Labute approximate surface area is 153 Å². The number of aromatic nitrogens is 2. The van der Waals surface area contributed by atoms with Crippen LogP contribution in [-0.4, -0.2) is 22.3 Å². The standard InChI is InChI=1S/C20H25FN4O/c1-4-20(2,3)14-7-10-17-16(11-14)18(24-23-17)19(26)25-22-12-13-5-8-15(21)9-6-13/h5-6,8-9,12,14H,4,7,10-11H2,1-3H3,(H,23,24)(H,25,26). The highest BCUT2D eigenvalue weighted by atomic mass is 19.1. The molecule has 5 nitrogen and oxygen atoms in total. The smallest absolute Gasteiger partial charge is 0.281 e. The number of halogens is 1. The number of carbonyl (C=O) groups is 1. The second-order valence-electron chi connectivity index (χ2n) is 7.56. The van der Waals surface area contributed by atoms with Crippen molar-refractivity contribution in [1.29, 1.82) is 0 Å². The number of hydrogen-bond donors (Lipinski definition) is 2. The Balaban J connectivity index is 1.70. The highest BCUT2D eigenvalue weighted by Gasteiger charge is 2.34. The lowest BCUT2D eigenvalue weighted by Crippen LogP contribution is -2.30. The number of rotatable bonds is 5. The second kappa shape index (κ2) is 7.40. The van der Waals surface area contributed by atoms with Gasteiger partial charge >= 0.3 is 0 Å². The molecular weight excluding hydrogens is 331 g/mol. The van der Waals surface area contributed by atoms with Crippen molar-refractivity contribution in [2.24, 2.45) is 16.4 Å². The minimum Gasteiger partial charge on any atom is -0.281 e. The van der Waals surface area contributed by atoms with Crippen LogP contribution in [0, 0.1) is 17.2 Å². The van der Waals surface area contributed by atoms with Gasteiger partial charge in [-0.05, 0) is 48.3 Å². The lowest BCUT2D eigenvalue weighted by Gasteiger charge is -2.36. The predicted molar refractivity (Wildman–Crippen MR) is 99.6 cm³/mol. The summed E-state index contributed by atoms with van der Waals surface area (Å²) in [6.07, 6.45) is 5.48. The third-order valence-corrected chi connectivity index (χ3v) is 5.63. The van der Waals surface area contributed by atoms with Gasteiger partial charge in [-0.1, -0.05) is 39.3 Å². The Morgan fingerprint density at radius 2 is 2.15 bits per heavy atom. The Morgan fingerprint density at radius 1 is 1.42 bits per heavy atom. The minimum absolute atomic E-state index is 0.240. The van der Waals surface area contributed by atoms with Crippen molar-refractivity contribution in [3.8, 4) is 0 Å². The highest BCUT2D eigenvalue weighted by molar-refractivity contribution is 5.94. The molecule has 1 heterocycles. The summed E-state index contributed by atoms with van der Waals surface area (Å²) in [6, 6.07) is 5.89. The van der Waals surface area contributed by atoms with Gasteiger partial charge in [0, 0.05) is 11.3 Å². The number of nitrogens with zero attached hydrogens (tertiary/aromatic N) is 2. The maximum atomic E-state index is 12.9. The second-order valence-corrected chi connectivity index (χ2v) is 7.56. The van der Waals surface area contributed by atoms with Crippen molar-refractivity contribution < 1.29 is 9.18 Å². The number of hydrogen-bond acceptors (Lipinski definition) is 3. The number of benzene rings is 1. The van der Waals surface area contributed by atoms with Crippen LogP contribution in [0.1, 0.15) is 60.9 Å². The minimum atomic E-state index is -0.323. The van der Waals surface area contributed by atoms with Gasteiger partial charge in [-0.25, -0.2) is 9.82 Å². The van der Waals surface area contributed by atoms with E-state index in [1.807, 2.05) is 0 Å². The summed E-state index contributed by atoms with van der Waals surface area (Å²) in [7, 11) is 0. The van der Waals surface area contributed by atoms with E-state index in [2.05, 4.69) is 41.5 Å². The number of H-pyrrole nitrogens is 1. The third kappa shape index (κ3) is 3.84. The molecule has 0 aliphatic heterocycles. The Kier molecular flexibility index (Phi) is 5.20. The molecular formula is C20H25FN4O. The number of aryl methyl sites for hydroxylation is 1. The Hall–Kier alpha value is -2.50. The van der Waals surface area contributed by atoms with Crippen molar-refractivity contribution in [1.82, 2.24) is 15.6 Å². The van der Waals surface area contributed by atoms with Gasteiger partial charge in [0.2, 0.25) is 0 Å². The summed E-state index contributed by atoms with van der Waals surface area (Å²) < 4.78 is 12.9. The lowest BCUT2D eigenvalue weighted by atomic mass is 9.69. The molecule has 0 bridgehead atoms. The molecule has 1 aromatic carbocycles. The summed E-state index contributed by atoms with van der Waals surface area (Å²) in [5, 5.41) is 11.2. The fraction of sp³-hybridized carbons (Fsp3) is 0.450. The van der Waals surface area contributed by atoms with Crippen molar-refractivity contribution >= 4 is 12.1 Å². The van der Waals surface area contributed by atoms with Crippen molar-refractivity contribution in [2.75, 3.05) is 0 Å². The molecule has 26 heavy (non-hydrogen) atoms. The zero-order chi connectivity index (χ0) is 18.7. The van der Waals surface area contributed by atoms with Gasteiger partial charge in [0.25, 0.3) is 5.91 Å². The summed E-state index contributed by atoms with van der Waals surface area (Å²) >= 11 is 0. The molecule has 0 saturated heterocycles. The number of nitrogens with one attached hydrogen (secondary N) is 2. The average Bonchev–Trinajstić information content (AvgIpc) is 3.06. The first-order chi connectivity index (χ1) is 12.4. The lowest BCUT2D eigenvalue weighted by molar-refractivity contribution is 0.0947. The molecule has 0 saturated carbocycles. The number of fused-ring (bicyclic) bond motifs is 1. The Bertz CT molecular complexity index is 808. The molecule has 0 spiro atoms. The summed E-state index contributed by atoms with van der Waals surface area (Å²) in [6.45, 7) is 6.79. The monoisotopic (exact) mass is 356 g/mol. The molecule has 6 heteroatoms. The molecule has 1 aliphatic rings. The van der Waals surface area contributed by atoms with Crippen LogP contribution in [0.5, 0.6) is 0 Å². The first-order valence-corrected chi connectivity index (χ1v) is 9.06. The van der Waals surface area contributed by atoms with E-state index in [9.17, 15) is 9.18 Å². The van der Waals surface area contributed by atoms with Crippen molar-refractivity contribution in [2.45, 2.75) is 46.5 Å². The maximum absolute atomic E-state index is 12.9. The first-order valence-electron chi connectivity index (χ1n) is 9.06. The van der Waals surface area contributed by atoms with Gasteiger partial charge in [0.1, 0.15) is 5.82 Å². The van der Waals surface area contributed by atoms with Crippen LogP contribution in [0.15, 0.2) is 29.4 Å². The molecule has 1 aromatic heterocycles. The normalized spacial score (nSPS) is 17.3. The molecule has 0 radical (unpaired) electrons. The van der Waals surface area contributed by atoms with Gasteiger partial charge in [0.05, 0.1) is 6.21 Å². The summed E-state index contributed by atoms with van der Waals surface area (Å²) in [4.78, 5) is 12.5. The number of aromatic amines is 1. The van der Waals surface area contributed by atoms with Gasteiger partial charge in [-0.3, -0.25) is 9.89 Å². The molecule has 2 N–H and O–H groups in total. The number of amides is 1. The average molecular weight is 356 g/mol. The van der Waals surface area contributed by atoms with Crippen molar-refractivity contribution in [3.05, 3.63) is 52.6 Å². The van der Waals surface area contributed by atoms with Gasteiger partial charge < -0.3 is 0 Å². The van der Waals surface area contributed by atoms with E-state index in [-0.39, 0.29) is 17.1 Å². The quantitative estimate of drug-likeness (QED) is 0.631. The highest BCUT2D eigenvalue weighted by Crippen LogP contribution is 2.40. The van der Waals surface area contributed by atoms with E-state index in [4.69, 9.17) is 0 Å². The maximum Gasteiger partial charge on any atom is 0.292 e. The fourth-order valence-corrected chi connectivity index (χ4v) is 3.41. The Morgan fingerprint density at radius 3 is 2.85 bits per heavy atom. The van der Waals surface area contributed by atoms with E-state index in [1.54, 1.807) is 12.1 Å². The van der Waals surface area contributed by atoms with Gasteiger partial charge in [-0.15, -0.1) is 0 Å². The molecule has 1 aliphatic carbocycles. The van der Waals surface area contributed by atoms with Crippen LogP contribution >= 0.6 is 0 Å². The van der Waals surface area contributed by atoms with Gasteiger partial charge in [-0.2, -0.15) is 10.2 Å².